The molecule has 9 heteroatoms. The lowest BCUT2D eigenvalue weighted by atomic mass is 10.2. The number of carboxylic acid groups (broad SMARTS) is 1. The van der Waals surface area contributed by atoms with Gasteiger partial charge in [0.15, 0.2) is 8.07 Å². The number of ether oxygens (including phenoxy) is 3. The van der Waals surface area contributed by atoms with Crippen molar-refractivity contribution in [3.63, 3.8) is 0 Å². The molecule has 232 valence electrons. The van der Waals surface area contributed by atoms with Crippen molar-refractivity contribution < 1.29 is 24.1 Å². The minimum Gasteiger partial charge on any atom is -0.478 e. The molecular weight excluding hydrogens is 565 g/mol. The summed E-state index contributed by atoms with van der Waals surface area (Å²) in [7, 11) is -9.62. The molecule has 0 spiro atoms. The Kier molecular flexibility index (Phi) is 10.5. The van der Waals surface area contributed by atoms with E-state index in [1.165, 1.54) is 5.20 Å². The summed E-state index contributed by atoms with van der Waals surface area (Å²) < 4.78 is 22.7. The average Bonchev–Trinajstić information content (AvgIpc) is 2.87. The van der Waals surface area contributed by atoms with Gasteiger partial charge >= 0.3 is 5.97 Å². The molecule has 0 aromatic carbocycles. The predicted octanol–water partition coefficient (Wildman–Crippen LogP) is 8.24. The summed E-state index contributed by atoms with van der Waals surface area (Å²) in [5, 5.41) is 12.1. The minimum atomic E-state index is -3.21. The van der Waals surface area contributed by atoms with Crippen LogP contribution in [0.25, 0.3) is 0 Å². The van der Waals surface area contributed by atoms with Crippen LogP contribution in [0.4, 0.5) is 0 Å². The third-order valence-corrected chi connectivity index (χ3v) is 35.9. The van der Waals surface area contributed by atoms with Gasteiger partial charge in [-0.3, -0.25) is 0 Å². The van der Waals surface area contributed by atoms with Crippen LogP contribution in [0.5, 0.6) is 0 Å². The van der Waals surface area contributed by atoms with E-state index in [9.17, 15) is 9.90 Å². The quantitative estimate of drug-likeness (QED) is 0.195. The second-order valence-corrected chi connectivity index (χ2v) is 38.0. The zero-order chi connectivity index (χ0) is 30.3. The van der Waals surface area contributed by atoms with Crippen molar-refractivity contribution in [2.75, 3.05) is 19.8 Å². The number of rotatable bonds is 10. The Hall–Kier alpha value is -0.0425. The van der Waals surface area contributed by atoms with Gasteiger partial charge in [0, 0.05) is 25.4 Å². The van der Waals surface area contributed by atoms with Crippen LogP contribution in [0.3, 0.4) is 0 Å². The Balaban J connectivity index is 2.81. The lowest BCUT2D eigenvalue weighted by molar-refractivity contribution is -0.132. The highest BCUT2D eigenvalue weighted by molar-refractivity contribution is 7.18. The van der Waals surface area contributed by atoms with E-state index in [1.807, 2.05) is 6.92 Å². The lowest BCUT2D eigenvalue weighted by Gasteiger charge is -2.75. The summed E-state index contributed by atoms with van der Waals surface area (Å²) in [6, 6.07) is 0. The molecule has 0 saturated carbocycles. The number of hydrogen-bond donors (Lipinski definition) is 1. The molecule has 3 fully saturated rings. The van der Waals surface area contributed by atoms with Crippen LogP contribution in [0.2, 0.25) is 58.9 Å². The van der Waals surface area contributed by atoms with E-state index in [0.717, 1.165) is 90.4 Å². The lowest BCUT2D eigenvalue weighted by Crippen LogP contribution is -2.96. The molecule has 3 saturated heterocycles. The Morgan fingerprint density at radius 2 is 0.975 bits per heavy atom. The molecule has 3 rings (SSSR count). The molecule has 0 radical (unpaired) electrons. The Labute approximate surface area is 250 Å². The van der Waals surface area contributed by atoms with Gasteiger partial charge in [-0.05, 0) is 71.1 Å². The first-order chi connectivity index (χ1) is 18.4. The van der Waals surface area contributed by atoms with E-state index in [0.29, 0.717) is 5.57 Å². The van der Waals surface area contributed by atoms with Gasteiger partial charge in [0.05, 0.1) is 38.8 Å². The number of hydrogen-bond acceptors (Lipinski definition) is 4. The summed E-state index contributed by atoms with van der Waals surface area (Å²) in [6.45, 7) is 29.2. The molecule has 3 atom stereocenters. The van der Waals surface area contributed by atoms with Crippen LogP contribution in [0, 0.1) is 0 Å². The van der Waals surface area contributed by atoms with Crippen LogP contribution in [-0.4, -0.2) is 77.7 Å². The standard InChI is InChI=1S/C31H62O5Si4/c1-12-19-27(26(2)28(32)33)40(29(37(3,4)5)20-13-16-23-34-29,30(38(6,7)8)21-14-17-24-35-30)31(39(9,10)11)22-15-18-25-36-31/h12-25H2,1-11H3,(H,32,33). The van der Waals surface area contributed by atoms with Gasteiger partial charge < -0.3 is 19.3 Å². The van der Waals surface area contributed by atoms with Crippen LogP contribution in [0.15, 0.2) is 10.8 Å². The third-order valence-electron chi connectivity index (χ3n) is 11.0. The summed E-state index contributed by atoms with van der Waals surface area (Å²) in [5.41, 5.74) is 0.582. The zero-order valence-corrected chi connectivity index (χ0v) is 32.0. The van der Waals surface area contributed by atoms with Crippen molar-refractivity contribution in [1.82, 2.24) is 0 Å². The fourth-order valence-electron chi connectivity index (χ4n) is 9.48. The van der Waals surface area contributed by atoms with Crippen LogP contribution in [-0.2, 0) is 19.0 Å². The van der Waals surface area contributed by atoms with E-state index in [-0.39, 0.29) is 14.5 Å². The Morgan fingerprint density at radius 3 is 1.18 bits per heavy atom. The molecule has 3 heterocycles. The maximum Gasteiger partial charge on any atom is 0.330 e. The van der Waals surface area contributed by atoms with Gasteiger partial charge in [-0.1, -0.05) is 77.5 Å². The predicted molar refractivity (Wildman–Crippen MR) is 179 cm³/mol. The van der Waals surface area contributed by atoms with Crippen LogP contribution in [0.1, 0.15) is 84.5 Å². The molecule has 0 aliphatic carbocycles. The first-order valence-electron chi connectivity index (χ1n) is 16.3. The van der Waals surface area contributed by atoms with Crippen LogP contribution >= 0.6 is 0 Å². The number of carboxylic acids is 1. The normalized spacial score (nSPS) is 33.2. The SMILES string of the molecule is CCCC(=C(C)C(=O)O)[Si](C1([Si](C)(C)C)CCCCO1)(C1([Si](C)(C)C)CCCCO1)C1([Si](C)(C)C)CCCCO1. The van der Waals surface area contributed by atoms with Crippen molar-refractivity contribution in [1.29, 1.82) is 0 Å². The topological polar surface area (TPSA) is 65.0 Å². The van der Waals surface area contributed by atoms with Gasteiger partial charge in [-0.15, -0.1) is 0 Å². The Bertz CT molecular complexity index is 835. The molecule has 3 unspecified atom stereocenters. The van der Waals surface area contributed by atoms with Gasteiger partial charge in [-0.25, -0.2) is 4.79 Å². The third kappa shape index (κ3) is 5.09. The zero-order valence-electron chi connectivity index (χ0n) is 28.0. The number of carbonyl (C=O) groups is 1. The van der Waals surface area contributed by atoms with Crippen LogP contribution < -0.4 is 0 Å². The minimum absolute atomic E-state index is 0.352. The highest BCUT2D eigenvalue weighted by Gasteiger charge is 2.83. The molecule has 5 nitrogen and oxygen atoms in total. The first-order valence-corrected chi connectivity index (χ1v) is 28.8. The molecule has 0 amide bonds. The van der Waals surface area contributed by atoms with E-state index in [1.54, 1.807) is 0 Å². The van der Waals surface area contributed by atoms with E-state index in [2.05, 4.69) is 65.8 Å². The summed E-state index contributed by atoms with van der Waals surface area (Å²) in [4.78, 5) is 12.2. The van der Waals surface area contributed by atoms with Gasteiger partial charge in [-0.2, -0.15) is 0 Å². The fourth-order valence-corrected chi connectivity index (χ4v) is 40.8. The molecular formula is C31H62O5Si4. The van der Waals surface area contributed by atoms with Gasteiger partial charge in [0.25, 0.3) is 0 Å². The van der Waals surface area contributed by atoms with Crippen molar-refractivity contribution in [3.8, 4) is 0 Å². The molecule has 0 aromatic rings. The largest absolute Gasteiger partial charge is 0.478 e. The molecule has 1 N–H and O–H groups in total. The monoisotopic (exact) mass is 626 g/mol. The molecule has 0 aromatic heterocycles. The smallest absolute Gasteiger partial charge is 0.330 e. The fraction of sp³-hybridized carbons (Fsp3) is 0.903. The van der Waals surface area contributed by atoms with E-state index in [4.69, 9.17) is 14.2 Å². The summed E-state index contributed by atoms with van der Waals surface area (Å²) in [6.07, 6.45) is 11.5. The molecule has 0 bridgehead atoms. The van der Waals surface area contributed by atoms with Crippen molar-refractivity contribution >= 4 is 38.3 Å². The molecule has 3 aliphatic heterocycles. The van der Waals surface area contributed by atoms with Gasteiger partial charge in [0.1, 0.15) is 0 Å². The Morgan fingerprint density at radius 1 is 0.650 bits per heavy atom. The molecule has 40 heavy (non-hydrogen) atoms. The van der Waals surface area contributed by atoms with E-state index < -0.39 is 38.3 Å². The average molecular weight is 627 g/mol. The number of aliphatic carboxylic acids is 1. The second kappa shape index (κ2) is 12.2. The maximum absolute atomic E-state index is 13.2. The first kappa shape index (κ1) is 34.4. The maximum atomic E-state index is 13.2. The van der Waals surface area contributed by atoms with Crippen molar-refractivity contribution in [2.24, 2.45) is 0 Å². The number of allylic oxidation sites excluding steroid dienone is 1. The van der Waals surface area contributed by atoms with Crippen molar-refractivity contribution in [2.45, 2.75) is 158 Å². The van der Waals surface area contributed by atoms with Crippen molar-refractivity contribution in [3.05, 3.63) is 10.8 Å². The molecule has 3 aliphatic rings. The summed E-state index contributed by atoms with van der Waals surface area (Å²) >= 11 is 0. The summed E-state index contributed by atoms with van der Waals surface area (Å²) in [5.74, 6) is -0.759. The van der Waals surface area contributed by atoms with Gasteiger partial charge in [0.2, 0.25) is 0 Å². The van der Waals surface area contributed by atoms with E-state index >= 15 is 0 Å². The highest BCUT2D eigenvalue weighted by Crippen LogP contribution is 2.64. The highest BCUT2D eigenvalue weighted by atomic mass is 28.4. The second-order valence-electron chi connectivity index (χ2n) is 16.1.